The van der Waals surface area contributed by atoms with Crippen LogP contribution in [0.2, 0.25) is 0 Å². The Morgan fingerprint density at radius 2 is 1.50 bits per heavy atom. The van der Waals surface area contributed by atoms with E-state index in [2.05, 4.69) is 95.6 Å². The molecule has 0 spiro atoms. The summed E-state index contributed by atoms with van der Waals surface area (Å²) in [5.41, 5.74) is 8.24. The predicted octanol–water partition coefficient (Wildman–Crippen LogP) is 9.77. The summed E-state index contributed by atoms with van der Waals surface area (Å²) in [5, 5.41) is 2.35. The van der Waals surface area contributed by atoms with E-state index in [4.69, 9.17) is 24.4 Å². The Bertz CT molecular complexity index is 2370. The lowest BCUT2D eigenvalue weighted by Crippen LogP contribution is -2.12. The molecule has 3 aromatic heterocycles. The van der Waals surface area contributed by atoms with Crippen molar-refractivity contribution in [1.29, 1.82) is 0 Å². The van der Waals surface area contributed by atoms with Crippen molar-refractivity contribution < 1.29 is 4.42 Å². The summed E-state index contributed by atoms with van der Waals surface area (Å²) >= 11 is 0. The van der Waals surface area contributed by atoms with Crippen LogP contribution in [0.15, 0.2) is 138 Å². The van der Waals surface area contributed by atoms with Crippen LogP contribution in [0.3, 0.4) is 0 Å². The van der Waals surface area contributed by atoms with Crippen LogP contribution in [-0.4, -0.2) is 24.5 Å². The quantitative estimate of drug-likeness (QED) is 0.198. The molecule has 1 unspecified atom stereocenters. The lowest BCUT2D eigenvalue weighted by Gasteiger charge is -2.21. The molecule has 46 heavy (non-hydrogen) atoms. The average Bonchev–Trinajstić information content (AvgIpc) is 3.72. The monoisotopic (exact) mass is 595 g/mol. The van der Waals surface area contributed by atoms with Gasteiger partial charge in [-0.05, 0) is 60.9 Å². The first-order valence-corrected chi connectivity index (χ1v) is 15.7. The van der Waals surface area contributed by atoms with Gasteiger partial charge in [0, 0.05) is 39.9 Å². The van der Waals surface area contributed by atoms with Crippen molar-refractivity contribution >= 4 is 44.2 Å². The average molecular weight is 596 g/mol. The van der Waals surface area contributed by atoms with Gasteiger partial charge in [0.2, 0.25) is 5.89 Å². The van der Waals surface area contributed by atoms with Crippen LogP contribution < -0.4 is 0 Å². The van der Waals surface area contributed by atoms with E-state index in [1.54, 1.807) is 0 Å². The van der Waals surface area contributed by atoms with Gasteiger partial charge in [-0.2, -0.15) is 0 Å². The molecule has 0 bridgehead atoms. The van der Waals surface area contributed by atoms with E-state index >= 15 is 0 Å². The van der Waals surface area contributed by atoms with Gasteiger partial charge in [-0.3, -0.25) is 0 Å². The van der Waals surface area contributed by atoms with Crippen LogP contribution in [0, 0.1) is 0 Å². The largest absolute Gasteiger partial charge is 0.436 e. The van der Waals surface area contributed by atoms with E-state index in [0.29, 0.717) is 11.7 Å². The van der Waals surface area contributed by atoms with Crippen molar-refractivity contribution in [2.45, 2.75) is 25.2 Å². The number of para-hydroxylation sites is 3. The summed E-state index contributed by atoms with van der Waals surface area (Å²) < 4.78 is 8.51. The zero-order valence-corrected chi connectivity index (χ0v) is 25.0. The fraction of sp³-hybridized carbons (Fsp3) is 0.100. The van der Waals surface area contributed by atoms with Gasteiger partial charge in [0.05, 0.1) is 11.0 Å². The van der Waals surface area contributed by atoms with Crippen LogP contribution in [0.1, 0.15) is 36.8 Å². The van der Waals surface area contributed by atoms with Gasteiger partial charge in [0.15, 0.2) is 17.2 Å². The fourth-order valence-corrected chi connectivity index (χ4v) is 6.62. The van der Waals surface area contributed by atoms with Gasteiger partial charge in [-0.1, -0.05) is 91.0 Å². The highest BCUT2D eigenvalue weighted by molar-refractivity contribution is 6.11. The summed E-state index contributed by atoms with van der Waals surface area (Å²) in [5.74, 6) is 2.90. The Morgan fingerprint density at radius 1 is 0.674 bits per heavy atom. The van der Waals surface area contributed by atoms with Gasteiger partial charge >= 0.3 is 0 Å². The molecule has 3 heterocycles. The van der Waals surface area contributed by atoms with Crippen molar-refractivity contribution in [3.63, 3.8) is 0 Å². The van der Waals surface area contributed by atoms with Gasteiger partial charge < -0.3 is 8.98 Å². The number of hydrogen-bond acceptors (Lipinski definition) is 5. The van der Waals surface area contributed by atoms with Gasteiger partial charge in [0.1, 0.15) is 11.3 Å². The molecule has 9 rings (SSSR count). The fourth-order valence-electron chi connectivity index (χ4n) is 6.62. The Kier molecular flexibility index (Phi) is 6.30. The predicted molar refractivity (Wildman–Crippen MR) is 185 cm³/mol. The third kappa shape index (κ3) is 4.58. The van der Waals surface area contributed by atoms with E-state index in [9.17, 15) is 0 Å². The number of allylic oxidation sites excluding steroid dienone is 8. The summed E-state index contributed by atoms with van der Waals surface area (Å²) in [6, 6.07) is 33.2. The molecule has 7 aromatic rings. The van der Waals surface area contributed by atoms with Gasteiger partial charge in [0.25, 0.3) is 0 Å². The lowest BCUT2D eigenvalue weighted by atomic mass is 9.96. The van der Waals surface area contributed by atoms with Crippen LogP contribution in [-0.2, 0) is 0 Å². The molecule has 0 N–H and O–H groups in total. The van der Waals surface area contributed by atoms with Crippen molar-refractivity contribution in [3.8, 4) is 22.8 Å². The molecule has 2 aliphatic rings. The number of aromatic nitrogens is 5. The van der Waals surface area contributed by atoms with Crippen LogP contribution in [0.5, 0.6) is 0 Å². The maximum atomic E-state index is 6.13. The summed E-state index contributed by atoms with van der Waals surface area (Å²) in [6.45, 7) is 0. The number of oxazole rings is 1. The number of fused-ring (bicyclic) bond motifs is 4. The lowest BCUT2D eigenvalue weighted by molar-refractivity contribution is 0.620. The molecule has 0 amide bonds. The first-order valence-electron chi connectivity index (χ1n) is 15.7. The summed E-state index contributed by atoms with van der Waals surface area (Å²) in [6.07, 6.45) is 15.7. The molecule has 0 radical (unpaired) electrons. The third-order valence-corrected chi connectivity index (χ3v) is 8.88. The Morgan fingerprint density at radius 3 is 2.39 bits per heavy atom. The molecular weight excluding hydrogens is 566 g/mol. The zero-order valence-electron chi connectivity index (χ0n) is 25.0. The molecule has 2 aliphatic carbocycles. The molecule has 1 atom stereocenters. The van der Waals surface area contributed by atoms with Crippen LogP contribution in [0.25, 0.3) is 67.0 Å². The highest BCUT2D eigenvalue weighted by Crippen LogP contribution is 2.39. The molecule has 6 nitrogen and oxygen atoms in total. The second-order valence-electron chi connectivity index (χ2n) is 11.8. The van der Waals surface area contributed by atoms with E-state index in [0.717, 1.165) is 75.1 Å². The minimum atomic E-state index is -0.000760. The van der Waals surface area contributed by atoms with Crippen molar-refractivity contribution in [1.82, 2.24) is 24.5 Å². The summed E-state index contributed by atoms with van der Waals surface area (Å²) in [4.78, 5) is 19.8. The maximum absolute atomic E-state index is 6.13. The van der Waals surface area contributed by atoms with Crippen LogP contribution in [0.4, 0.5) is 0 Å². The van der Waals surface area contributed by atoms with Crippen molar-refractivity contribution in [3.05, 3.63) is 145 Å². The number of benzene rings is 4. The Hall–Kier alpha value is -5.88. The number of nitrogens with zero attached hydrogens (tertiary/aromatic N) is 5. The van der Waals surface area contributed by atoms with E-state index in [1.807, 2.05) is 42.5 Å². The maximum Gasteiger partial charge on any atom is 0.227 e. The summed E-state index contributed by atoms with van der Waals surface area (Å²) in [7, 11) is 0. The topological polar surface area (TPSA) is 69.6 Å². The van der Waals surface area contributed by atoms with Crippen LogP contribution >= 0.6 is 0 Å². The van der Waals surface area contributed by atoms with E-state index < -0.39 is 0 Å². The van der Waals surface area contributed by atoms with E-state index in [-0.39, 0.29) is 5.92 Å². The smallest absolute Gasteiger partial charge is 0.227 e. The zero-order chi connectivity index (χ0) is 30.5. The Balaban J connectivity index is 1.13. The molecule has 0 saturated carbocycles. The second-order valence-corrected chi connectivity index (χ2v) is 11.8. The molecule has 4 aromatic carbocycles. The van der Waals surface area contributed by atoms with E-state index in [1.165, 1.54) is 11.1 Å². The normalized spacial score (nSPS) is 16.3. The molecule has 220 valence electrons. The number of rotatable bonds is 5. The molecule has 6 heteroatoms. The van der Waals surface area contributed by atoms with Gasteiger partial charge in [-0.25, -0.2) is 19.9 Å². The highest BCUT2D eigenvalue weighted by atomic mass is 16.3. The number of hydrogen-bond donors (Lipinski definition) is 0. The minimum Gasteiger partial charge on any atom is -0.436 e. The molecule has 0 fully saturated rings. The molecule has 0 aliphatic heterocycles. The molecule has 0 saturated heterocycles. The highest BCUT2D eigenvalue weighted by Gasteiger charge is 2.24. The Labute approximate surface area is 265 Å². The first kappa shape index (κ1) is 26.5. The molecular formula is C40H29N5O. The third-order valence-electron chi connectivity index (χ3n) is 8.88. The minimum absolute atomic E-state index is 0.000760. The standard InChI is InChI=1S/C40H29N5O/c1-3-12-26(13-4-1)37-42-38(27-14-5-2-6-15-27)44-39(43-37)28-16-11-17-30(24-28)45-34-20-9-7-18-31(34)32-25-29(22-23-35(32)45)40-41-33-19-8-10-21-36(33)46-40/h1-5,7-14,16-23,25,28H,6,15,24H2. The van der Waals surface area contributed by atoms with Crippen molar-refractivity contribution in [2.24, 2.45) is 0 Å². The van der Waals surface area contributed by atoms with Crippen molar-refractivity contribution in [2.75, 3.05) is 0 Å². The SMILES string of the molecule is C1=CCCC(c2nc(-c3ccccc3)nc(C3C=CC=C(n4c5ccccc5c5cc(-c6nc7ccccc7o6)ccc54)C3)n2)=C1. The first-order chi connectivity index (χ1) is 22.8. The van der Waals surface area contributed by atoms with Gasteiger partial charge in [-0.15, -0.1) is 0 Å². The second kappa shape index (κ2) is 10.9.